The van der Waals surface area contributed by atoms with E-state index in [1.165, 1.54) is 36.7 Å². The van der Waals surface area contributed by atoms with Gasteiger partial charge in [0.05, 0.1) is 39.3 Å². The maximum Gasteiger partial charge on any atom is 0.451 e. The normalized spacial score (nSPS) is 16.0. The van der Waals surface area contributed by atoms with E-state index < -0.39 is 16.1 Å². The molecule has 4 rings (SSSR count). The van der Waals surface area contributed by atoms with E-state index in [9.17, 15) is 18.7 Å². The largest absolute Gasteiger partial charge is 0.451 e. The predicted molar refractivity (Wildman–Crippen MR) is 129 cm³/mol. The van der Waals surface area contributed by atoms with Gasteiger partial charge in [0.15, 0.2) is 0 Å². The fraction of sp³-hybridized carbons (Fsp3) is 0.227. The lowest BCUT2D eigenvalue weighted by molar-refractivity contribution is -0.0691. The minimum absolute atomic E-state index is 0.0260. The standard InChI is InChI=1S/C22H18ClF2IN4O3/c23-15-7-13(9-27-11-15)19-8-14(10-28-20(19)30-6-5-17(31)12-30)21(32)29-16-1-3-18(4-2-16)33-22(24,25)26/h1-4,7-11,17,31H,5-6,12H2,(H,29,32)/t17-/m1/s1. The fourth-order valence-corrected chi connectivity index (χ4v) is 3.91. The molecule has 1 atom stereocenters. The third kappa shape index (κ3) is 6.06. The molecule has 3 aromatic rings. The van der Waals surface area contributed by atoms with Crippen LogP contribution in [0.15, 0.2) is 55.0 Å². The van der Waals surface area contributed by atoms with E-state index in [1.807, 2.05) is 4.90 Å². The lowest BCUT2D eigenvalue weighted by atomic mass is 10.1. The molecule has 7 nitrogen and oxygen atoms in total. The first-order valence-corrected chi connectivity index (χ1v) is 11.3. The van der Waals surface area contributed by atoms with E-state index in [1.54, 1.807) is 18.3 Å². The second kappa shape index (κ2) is 9.74. The molecule has 1 amide bonds. The summed E-state index contributed by atoms with van der Waals surface area (Å²) in [6.07, 6.45) is 4.77. The quantitative estimate of drug-likeness (QED) is 0.313. The number of carbonyl (C=O) groups is 1. The zero-order valence-corrected chi connectivity index (χ0v) is 19.9. The second-order valence-corrected chi connectivity index (χ2v) is 9.09. The average molecular weight is 587 g/mol. The summed E-state index contributed by atoms with van der Waals surface area (Å²) in [4.78, 5) is 23.4. The number of β-amino-alcohol motifs (C(OH)–C–C–N with tert-alkyl or cyclic N) is 1. The summed E-state index contributed by atoms with van der Waals surface area (Å²) in [6.45, 7) is 1.07. The van der Waals surface area contributed by atoms with Crippen molar-refractivity contribution in [3.63, 3.8) is 0 Å². The molecule has 1 fully saturated rings. The van der Waals surface area contributed by atoms with Crippen molar-refractivity contribution in [1.29, 1.82) is 0 Å². The smallest absolute Gasteiger partial charge is 0.425 e. The van der Waals surface area contributed by atoms with Crippen molar-refractivity contribution >= 4 is 51.6 Å². The fourth-order valence-electron chi connectivity index (χ4n) is 3.48. The average Bonchev–Trinajstić information content (AvgIpc) is 3.20. The van der Waals surface area contributed by atoms with Gasteiger partial charge in [0, 0.05) is 48.5 Å². The number of anilines is 2. The number of hydrogen-bond acceptors (Lipinski definition) is 6. The Kier molecular flexibility index (Phi) is 6.96. The van der Waals surface area contributed by atoms with Gasteiger partial charge in [-0.25, -0.2) is 4.98 Å². The lowest BCUT2D eigenvalue weighted by Crippen LogP contribution is -2.23. The van der Waals surface area contributed by atoms with Gasteiger partial charge in [0.2, 0.25) is 0 Å². The van der Waals surface area contributed by atoms with Crippen LogP contribution < -0.4 is 15.0 Å². The number of pyridine rings is 2. The monoisotopic (exact) mass is 586 g/mol. The first-order valence-electron chi connectivity index (χ1n) is 9.89. The van der Waals surface area contributed by atoms with Gasteiger partial charge in [-0.1, -0.05) is 11.6 Å². The summed E-state index contributed by atoms with van der Waals surface area (Å²) < 4.78 is 27.1. The van der Waals surface area contributed by atoms with E-state index >= 15 is 0 Å². The Balaban J connectivity index is 1.60. The molecule has 1 aliphatic heterocycles. The molecule has 11 heteroatoms. The van der Waals surface area contributed by atoms with Crippen LogP contribution in [0.2, 0.25) is 5.02 Å². The number of alkyl halides is 3. The van der Waals surface area contributed by atoms with E-state index in [-0.39, 0.29) is 11.3 Å². The summed E-state index contributed by atoms with van der Waals surface area (Å²) in [5.74, 6) is 0.162. The second-order valence-electron chi connectivity index (χ2n) is 7.40. The van der Waals surface area contributed by atoms with E-state index in [0.29, 0.717) is 47.2 Å². The number of aliphatic hydroxyl groups excluding tert-OH is 1. The predicted octanol–water partition coefficient (Wildman–Crippen LogP) is 4.98. The Labute approximate surface area is 206 Å². The first kappa shape index (κ1) is 23.6. The highest BCUT2D eigenvalue weighted by molar-refractivity contribution is 14.1. The highest BCUT2D eigenvalue weighted by Crippen LogP contribution is 2.33. The van der Waals surface area contributed by atoms with Crippen LogP contribution in [0, 0.1) is 0 Å². The number of halogens is 4. The number of nitrogens with zero attached hydrogens (tertiary/aromatic N) is 3. The van der Waals surface area contributed by atoms with Gasteiger partial charge in [0.25, 0.3) is 5.91 Å². The Morgan fingerprint density at radius 2 is 2.00 bits per heavy atom. The maximum absolute atomic E-state index is 13.0. The Hall–Kier alpha value is -2.57. The molecule has 33 heavy (non-hydrogen) atoms. The van der Waals surface area contributed by atoms with Crippen molar-refractivity contribution in [2.24, 2.45) is 0 Å². The van der Waals surface area contributed by atoms with Gasteiger partial charge in [-0.3, -0.25) is 9.78 Å². The number of benzene rings is 1. The molecule has 0 saturated carbocycles. The third-order valence-electron chi connectivity index (χ3n) is 4.95. The topological polar surface area (TPSA) is 87.6 Å². The summed E-state index contributed by atoms with van der Waals surface area (Å²) in [5, 5.41) is 13.1. The van der Waals surface area contributed by atoms with Crippen LogP contribution >= 0.6 is 34.2 Å². The van der Waals surface area contributed by atoms with Gasteiger partial charge in [0.1, 0.15) is 11.6 Å². The van der Waals surface area contributed by atoms with Crippen molar-refractivity contribution < 1.29 is 23.4 Å². The van der Waals surface area contributed by atoms with Crippen LogP contribution in [0.4, 0.5) is 20.3 Å². The highest BCUT2D eigenvalue weighted by Gasteiger charge is 2.26. The molecule has 2 N–H and O–H groups in total. The van der Waals surface area contributed by atoms with Crippen LogP contribution in [0.25, 0.3) is 11.1 Å². The molecule has 1 saturated heterocycles. The van der Waals surface area contributed by atoms with Crippen molar-refractivity contribution in [3.8, 4) is 16.9 Å². The van der Waals surface area contributed by atoms with Crippen LogP contribution in [-0.2, 0) is 0 Å². The number of rotatable bonds is 6. The molecule has 172 valence electrons. The molecular weight excluding hydrogens is 569 g/mol. The Morgan fingerprint density at radius 1 is 1.24 bits per heavy atom. The van der Waals surface area contributed by atoms with Gasteiger partial charge in [-0.05, 0) is 42.8 Å². The lowest BCUT2D eigenvalue weighted by Gasteiger charge is -2.21. The van der Waals surface area contributed by atoms with Crippen LogP contribution in [0.5, 0.6) is 5.75 Å². The number of hydrogen-bond donors (Lipinski definition) is 2. The van der Waals surface area contributed by atoms with Crippen molar-refractivity contribution in [2.75, 3.05) is 23.3 Å². The van der Waals surface area contributed by atoms with E-state index in [2.05, 4.69) is 20.0 Å². The maximum atomic E-state index is 13.0. The van der Waals surface area contributed by atoms with E-state index in [4.69, 9.17) is 11.6 Å². The number of aliphatic hydroxyl groups is 1. The number of ether oxygens (including phenoxy) is 1. The van der Waals surface area contributed by atoms with Gasteiger partial charge < -0.3 is 20.1 Å². The van der Waals surface area contributed by atoms with Crippen LogP contribution in [0.1, 0.15) is 16.8 Å². The summed E-state index contributed by atoms with van der Waals surface area (Å²) in [6, 6.07) is 9.01. The van der Waals surface area contributed by atoms with Gasteiger partial charge >= 0.3 is 4.12 Å². The molecule has 1 aliphatic rings. The van der Waals surface area contributed by atoms with Crippen molar-refractivity contribution in [2.45, 2.75) is 16.6 Å². The SMILES string of the molecule is O=C(Nc1ccc(OC(F)(F)I)cc1)c1cnc(N2CC[C@@H](O)C2)c(-c2cncc(Cl)c2)c1. The first-order chi connectivity index (χ1) is 15.7. The van der Waals surface area contributed by atoms with E-state index in [0.717, 1.165) is 22.6 Å². The summed E-state index contributed by atoms with van der Waals surface area (Å²) >= 11 is 7.00. The molecule has 0 aliphatic carbocycles. The van der Waals surface area contributed by atoms with Gasteiger partial charge in [-0.15, -0.1) is 0 Å². The highest BCUT2D eigenvalue weighted by atomic mass is 127. The number of nitrogens with one attached hydrogen (secondary N) is 1. The number of carbonyl (C=O) groups excluding carboxylic acids is 1. The number of amides is 1. The molecule has 0 spiro atoms. The molecular formula is C22H18ClF2IN4O3. The molecule has 2 aromatic heterocycles. The molecule has 1 aromatic carbocycles. The number of aromatic nitrogens is 2. The summed E-state index contributed by atoms with van der Waals surface area (Å²) in [5.41, 5.74) is 2.02. The van der Waals surface area contributed by atoms with Crippen LogP contribution in [0.3, 0.4) is 0 Å². The summed E-state index contributed by atoms with van der Waals surface area (Å²) in [7, 11) is 0. The Bertz CT molecular complexity index is 1160. The minimum atomic E-state index is -3.33. The zero-order valence-electron chi connectivity index (χ0n) is 17.0. The van der Waals surface area contributed by atoms with Crippen molar-refractivity contribution in [3.05, 3.63) is 65.6 Å². The molecule has 0 bridgehead atoms. The zero-order chi connectivity index (χ0) is 23.6. The Morgan fingerprint density at radius 3 is 2.64 bits per heavy atom. The van der Waals surface area contributed by atoms with Gasteiger partial charge in [-0.2, -0.15) is 8.78 Å². The minimum Gasteiger partial charge on any atom is -0.425 e. The van der Waals surface area contributed by atoms with Crippen LogP contribution in [-0.4, -0.2) is 44.3 Å². The van der Waals surface area contributed by atoms with Crippen molar-refractivity contribution in [1.82, 2.24) is 9.97 Å². The molecule has 3 heterocycles. The molecule has 0 unspecified atom stereocenters. The third-order valence-corrected chi connectivity index (χ3v) is 5.38. The molecule has 0 radical (unpaired) electrons.